The molecular formula is C12H23ClN2O4. The number of esters is 1. The number of rotatable bonds is 5. The maximum atomic E-state index is 11.9. The van der Waals surface area contributed by atoms with Crippen molar-refractivity contribution < 1.29 is 19.1 Å². The van der Waals surface area contributed by atoms with Gasteiger partial charge in [0.25, 0.3) is 0 Å². The van der Waals surface area contributed by atoms with Crippen molar-refractivity contribution in [3.8, 4) is 0 Å². The summed E-state index contributed by atoms with van der Waals surface area (Å²) >= 11 is 0. The zero-order valence-corrected chi connectivity index (χ0v) is 12.4. The van der Waals surface area contributed by atoms with Crippen LogP contribution >= 0.6 is 12.4 Å². The Kier molecular flexibility index (Phi) is 8.71. The number of nitrogens with one attached hydrogen (secondary N) is 2. The fraction of sp³-hybridized carbons (Fsp3) is 0.833. The molecule has 112 valence electrons. The largest absolute Gasteiger partial charge is 0.466 e. The van der Waals surface area contributed by atoms with Gasteiger partial charge in [0.1, 0.15) is 6.04 Å². The van der Waals surface area contributed by atoms with Crippen LogP contribution in [0.3, 0.4) is 0 Å². The number of ether oxygens (including phenoxy) is 2. The minimum atomic E-state index is -0.354. The maximum Gasteiger partial charge on any atom is 0.310 e. The quantitative estimate of drug-likeness (QED) is 0.704. The van der Waals surface area contributed by atoms with Crippen LogP contribution in [0.4, 0.5) is 0 Å². The Labute approximate surface area is 120 Å². The van der Waals surface area contributed by atoms with Gasteiger partial charge >= 0.3 is 5.97 Å². The standard InChI is InChI=1S/C12H22N2O4.ClH/c1-4-17-12(16)8(2)7-14-11(15)10-9(3)18-6-5-13-10;/h8-10,13H,4-7H2,1-3H3,(H,14,15);1H/t8?,9-,10+;/m1./s1. The van der Waals surface area contributed by atoms with Gasteiger partial charge in [0.2, 0.25) is 5.91 Å². The zero-order chi connectivity index (χ0) is 13.5. The third-order valence-corrected chi connectivity index (χ3v) is 2.87. The second kappa shape index (κ2) is 9.12. The number of morpholine rings is 1. The van der Waals surface area contributed by atoms with Crippen molar-refractivity contribution in [3.63, 3.8) is 0 Å². The summed E-state index contributed by atoms with van der Waals surface area (Å²) in [5.74, 6) is -0.772. The van der Waals surface area contributed by atoms with E-state index in [1.165, 1.54) is 0 Å². The van der Waals surface area contributed by atoms with E-state index in [2.05, 4.69) is 10.6 Å². The van der Waals surface area contributed by atoms with Gasteiger partial charge in [-0.05, 0) is 13.8 Å². The van der Waals surface area contributed by atoms with Crippen LogP contribution in [0.1, 0.15) is 20.8 Å². The number of hydrogen-bond donors (Lipinski definition) is 2. The van der Waals surface area contributed by atoms with Crippen LogP contribution in [0.25, 0.3) is 0 Å². The van der Waals surface area contributed by atoms with Crippen LogP contribution in [-0.4, -0.2) is 50.3 Å². The van der Waals surface area contributed by atoms with Crippen LogP contribution in [-0.2, 0) is 19.1 Å². The molecule has 0 spiro atoms. The molecule has 1 amide bonds. The molecule has 0 aromatic rings. The SMILES string of the molecule is CCOC(=O)C(C)CNC(=O)[C@H]1NCCO[C@@H]1C.Cl. The Bertz CT molecular complexity index is 301. The van der Waals surface area contributed by atoms with E-state index in [1.807, 2.05) is 6.92 Å². The molecule has 0 radical (unpaired) electrons. The Morgan fingerprint density at radius 2 is 2.21 bits per heavy atom. The summed E-state index contributed by atoms with van der Waals surface area (Å²) in [5.41, 5.74) is 0. The van der Waals surface area contributed by atoms with Crippen LogP contribution in [0.15, 0.2) is 0 Å². The van der Waals surface area contributed by atoms with E-state index in [0.29, 0.717) is 19.8 Å². The molecule has 0 aromatic carbocycles. The van der Waals surface area contributed by atoms with Gasteiger partial charge in [0, 0.05) is 13.1 Å². The minimum Gasteiger partial charge on any atom is -0.466 e. The third kappa shape index (κ3) is 5.76. The van der Waals surface area contributed by atoms with E-state index in [-0.39, 0.29) is 48.9 Å². The van der Waals surface area contributed by atoms with Gasteiger partial charge in [-0.25, -0.2) is 0 Å². The Hall–Kier alpha value is -0.850. The Morgan fingerprint density at radius 1 is 1.53 bits per heavy atom. The molecule has 1 aliphatic heterocycles. The lowest BCUT2D eigenvalue weighted by Crippen LogP contribution is -2.56. The monoisotopic (exact) mass is 294 g/mol. The molecule has 0 saturated carbocycles. The number of carbonyl (C=O) groups is 2. The summed E-state index contributed by atoms with van der Waals surface area (Å²) in [7, 11) is 0. The predicted octanol–water partition coefficient (Wildman–Crippen LogP) is 0.101. The summed E-state index contributed by atoms with van der Waals surface area (Å²) in [6, 6.07) is -0.354. The smallest absolute Gasteiger partial charge is 0.310 e. The summed E-state index contributed by atoms with van der Waals surface area (Å²) in [5, 5.41) is 5.83. The van der Waals surface area contributed by atoms with E-state index in [0.717, 1.165) is 0 Å². The lowest BCUT2D eigenvalue weighted by molar-refractivity contribution is -0.147. The van der Waals surface area contributed by atoms with Crippen molar-refractivity contribution in [2.75, 3.05) is 26.3 Å². The van der Waals surface area contributed by atoms with Crippen molar-refractivity contribution in [2.45, 2.75) is 32.9 Å². The van der Waals surface area contributed by atoms with E-state index in [9.17, 15) is 9.59 Å². The van der Waals surface area contributed by atoms with Crippen molar-refractivity contribution >= 4 is 24.3 Å². The zero-order valence-electron chi connectivity index (χ0n) is 11.6. The molecule has 3 atom stereocenters. The summed E-state index contributed by atoms with van der Waals surface area (Å²) in [4.78, 5) is 23.3. The fourth-order valence-corrected chi connectivity index (χ4v) is 1.76. The highest BCUT2D eigenvalue weighted by atomic mass is 35.5. The van der Waals surface area contributed by atoms with Gasteiger partial charge in [-0.15, -0.1) is 12.4 Å². The molecule has 7 heteroatoms. The number of amides is 1. The fourth-order valence-electron chi connectivity index (χ4n) is 1.76. The molecule has 2 N–H and O–H groups in total. The topological polar surface area (TPSA) is 76.7 Å². The lowest BCUT2D eigenvalue weighted by Gasteiger charge is -2.29. The minimum absolute atomic E-state index is 0. The summed E-state index contributed by atoms with van der Waals surface area (Å²) in [6.07, 6.45) is -0.156. The van der Waals surface area contributed by atoms with Crippen LogP contribution in [0.5, 0.6) is 0 Å². The van der Waals surface area contributed by atoms with E-state index in [1.54, 1.807) is 13.8 Å². The molecular weight excluding hydrogens is 272 g/mol. The second-order valence-electron chi connectivity index (χ2n) is 4.41. The van der Waals surface area contributed by atoms with Crippen molar-refractivity contribution in [2.24, 2.45) is 5.92 Å². The first-order valence-corrected chi connectivity index (χ1v) is 6.35. The molecule has 1 saturated heterocycles. The summed E-state index contributed by atoms with van der Waals surface area (Å²) in [6.45, 7) is 7.25. The van der Waals surface area contributed by atoms with Crippen molar-refractivity contribution in [1.82, 2.24) is 10.6 Å². The second-order valence-corrected chi connectivity index (χ2v) is 4.41. The van der Waals surface area contributed by atoms with Crippen molar-refractivity contribution in [3.05, 3.63) is 0 Å². The highest BCUT2D eigenvalue weighted by Gasteiger charge is 2.28. The van der Waals surface area contributed by atoms with Gasteiger partial charge in [-0.3, -0.25) is 9.59 Å². The average molecular weight is 295 g/mol. The first-order valence-electron chi connectivity index (χ1n) is 6.35. The van der Waals surface area contributed by atoms with E-state index in [4.69, 9.17) is 9.47 Å². The first-order chi connectivity index (χ1) is 8.56. The van der Waals surface area contributed by atoms with Crippen LogP contribution in [0.2, 0.25) is 0 Å². The van der Waals surface area contributed by atoms with Gasteiger partial charge in [-0.1, -0.05) is 6.92 Å². The Morgan fingerprint density at radius 3 is 2.79 bits per heavy atom. The highest BCUT2D eigenvalue weighted by molar-refractivity contribution is 5.85. The molecule has 1 heterocycles. The van der Waals surface area contributed by atoms with Gasteiger partial charge in [0.05, 0.1) is 25.2 Å². The Balaban J connectivity index is 0.00000324. The van der Waals surface area contributed by atoms with Gasteiger partial charge < -0.3 is 20.1 Å². The predicted molar refractivity (Wildman–Crippen MR) is 73.3 cm³/mol. The van der Waals surface area contributed by atoms with Gasteiger partial charge in [0.15, 0.2) is 0 Å². The average Bonchev–Trinajstić information content (AvgIpc) is 2.36. The molecule has 0 bridgehead atoms. The third-order valence-electron chi connectivity index (χ3n) is 2.87. The molecule has 0 aromatic heterocycles. The molecule has 6 nitrogen and oxygen atoms in total. The van der Waals surface area contributed by atoms with E-state index < -0.39 is 0 Å². The highest BCUT2D eigenvalue weighted by Crippen LogP contribution is 2.04. The molecule has 1 unspecified atom stereocenters. The van der Waals surface area contributed by atoms with Crippen LogP contribution < -0.4 is 10.6 Å². The number of carbonyl (C=O) groups excluding carboxylic acids is 2. The number of halogens is 1. The van der Waals surface area contributed by atoms with Crippen molar-refractivity contribution in [1.29, 1.82) is 0 Å². The van der Waals surface area contributed by atoms with E-state index >= 15 is 0 Å². The first kappa shape index (κ1) is 18.1. The molecule has 1 rings (SSSR count). The molecule has 1 aliphatic rings. The normalized spacial score (nSPS) is 23.9. The van der Waals surface area contributed by atoms with Gasteiger partial charge in [-0.2, -0.15) is 0 Å². The maximum absolute atomic E-state index is 11.9. The molecule has 1 fully saturated rings. The molecule has 0 aliphatic carbocycles. The number of hydrogen-bond acceptors (Lipinski definition) is 5. The lowest BCUT2D eigenvalue weighted by atomic mass is 10.1. The summed E-state index contributed by atoms with van der Waals surface area (Å²) < 4.78 is 10.3. The molecule has 19 heavy (non-hydrogen) atoms. The van der Waals surface area contributed by atoms with Crippen LogP contribution in [0, 0.1) is 5.92 Å².